The predicted octanol–water partition coefficient (Wildman–Crippen LogP) is 3.30. The lowest BCUT2D eigenvalue weighted by Crippen LogP contribution is -2.54. The highest BCUT2D eigenvalue weighted by molar-refractivity contribution is 6.30. The van der Waals surface area contributed by atoms with Crippen LogP contribution in [0.4, 0.5) is 5.69 Å². The third-order valence-electron chi connectivity index (χ3n) is 6.81. The van der Waals surface area contributed by atoms with Crippen LogP contribution in [0.1, 0.15) is 51.3 Å². The third-order valence-corrected chi connectivity index (χ3v) is 7.05. The minimum absolute atomic E-state index is 0.241. The van der Waals surface area contributed by atoms with Crippen molar-refractivity contribution in [1.29, 1.82) is 0 Å². The molecular weight excluding hydrogens is 492 g/mol. The number of aliphatic hydroxyl groups is 2. The maximum absolute atomic E-state index is 13.4. The summed E-state index contributed by atoms with van der Waals surface area (Å²) in [5.41, 5.74) is 6.90. The van der Waals surface area contributed by atoms with Gasteiger partial charge >= 0.3 is 0 Å². The summed E-state index contributed by atoms with van der Waals surface area (Å²) in [4.78, 5) is 27.8. The highest BCUT2D eigenvalue weighted by atomic mass is 35.5. The molecular formula is C28H37ClN4O4. The molecule has 200 valence electrons. The summed E-state index contributed by atoms with van der Waals surface area (Å²) >= 11 is 6.22. The quantitative estimate of drug-likeness (QED) is 0.340. The molecule has 4 atom stereocenters. The van der Waals surface area contributed by atoms with Gasteiger partial charge in [0.05, 0.1) is 11.6 Å². The van der Waals surface area contributed by atoms with Crippen molar-refractivity contribution >= 4 is 29.1 Å². The molecule has 1 saturated heterocycles. The number of aliphatic hydroxyl groups excluding tert-OH is 2. The van der Waals surface area contributed by atoms with Crippen LogP contribution in [0.15, 0.2) is 60.8 Å². The Morgan fingerprint density at radius 2 is 1.81 bits per heavy atom. The van der Waals surface area contributed by atoms with E-state index in [0.717, 1.165) is 16.8 Å². The number of hydrogen-bond acceptors (Lipinski definition) is 6. The number of halogens is 1. The van der Waals surface area contributed by atoms with Crippen LogP contribution in [0.5, 0.6) is 0 Å². The smallest absolute Gasteiger partial charge is 0.255 e. The Morgan fingerprint density at radius 1 is 1.14 bits per heavy atom. The van der Waals surface area contributed by atoms with Crippen molar-refractivity contribution in [3.8, 4) is 0 Å². The van der Waals surface area contributed by atoms with Gasteiger partial charge in [0.15, 0.2) is 12.2 Å². The Kier molecular flexibility index (Phi) is 9.02. The number of nitrogens with one attached hydrogen (secondary N) is 2. The van der Waals surface area contributed by atoms with Crippen molar-refractivity contribution in [1.82, 2.24) is 10.2 Å². The summed E-state index contributed by atoms with van der Waals surface area (Å²) in [6.07, 6.45) is 0.315. The Hall–Kier alpha value is -2.91. The van der Waals surface area contributed by atoms with Crippen LogP contribution in [0, 0.1) is 5.41 Å². The van der Waals surface area contributed by atoms with Gasteiger partial charge in [-0.15, -0.1) is 0 Å². The molecule has 1 fully saturated rings. The molecule has 9 heteroatoms. The number of likely N-dealkylation sites (tertiary alicyclic amines) is 1. The zero-order chi connectivity index (χ0) is 27.4. The van der Waals surface area contributed by atoms with Crippen LogP contribution >= 0.6 is 11.6 Å². The lowest BCUT2D eigenvalue weighted by molar-refractivity contribution is -0.156. The van der Waals surface area contributed by atoms with E-state index in [1.165, 1.54) is 0 Å². The van der Waals surface area contributed by atoms with Crippen molar-refractivity contribution in [2.45, 2.75) is 57.9 Å². The van der Waals surface area contributed by atoms with Gasteiger partial charge in [0, 0.05) is 23.8 Å². The molecule has 6 N–H and O–H groups in total. The fourth-order valence-electron chi connectivity index (χ4n) is 5.00. The second kappa shape index (κ2) is 11.6. The molecule has 3 rings (SSSR count). The number of hydrogen-bond donors (Lipinski definition) is 5. The monoisotopic (exact) mass is 528 g/mol. The largest absolute Gasteiger partial charge is 0.380 e. The first-order valence-electron chi connectivity index (χ1n) is 12.3. The van der Waals surface area contributed by atoms with Crippen molar-refractivity contribution in [3.05, 3.63) is 77.0 Å². The topological polar surface area (TPSA) is 128 Å². The summed E-state index contributed by atoms with van der Waals surface area (Å²) < 4.78 is 0. The number of benzene rings is 2. The van der Waals surface area contributed by atoms with E-state index < -0.39 is 35.6 Å². The Bertz CT molecular complexity index is 1140. The van der Waals surface area contributed by atoms with E-state index in [1.54, 1.807) is 36.2 Å². The molecule has 1 heterocycles. The summed E-state index contributed by atoms with van der Waals surface area (Å²) in [5, 5.41) is 27.7. The molecule has 8 nitrogen and oxygen atoms in total. The Labute approximate surface area is 223 Å². The summed E-state index contributed by atoms with van der Waals surface area (Å²) in [6, 6.07) is 14.2. The van der Waals surface area contributed by atoms with E-state index in [2.05, 4.69) is 10.6 Å². The third kappa shape index (κ3) is 6.70. The summed E-state index contributed by atoms with van der Waals surface area (Å²) in [6.45, 7) is 8.54. The van der Waals surface area contributed by atoms with Gasteiger partial charge in [-0.3, -0.25) is 9.59 Å². The molecule has 0 aromatic heterocycles. The van der Waals surface area contributed by atoms with E-state index in [1.807, 2.05) is 57.2 Å². The van der Waals surface area contributed by atoms with Crippen molar-refractivity contribution in [3.63, 3.8) is 0 Å². The number of anilines is 1. The average Bonchev–Trinajstić information content (AvgIpc) is 3.12. The minimum atomic E-state index is -1.93. The van der Waals surface area contributed by atoms with Gasteiger partial charge in [-0.05, 0) is 67.3 Å². The predicted molar refractivity (Wildman–Crippen MR) is 146 cm³/mol. The second-order valence-corrected chi connectivity index (χ2v) is 11.0. The van der Waals surface area contributed by atoms with Crippen molar-refractivity contribution in [2.24, 2.45) is 11.1 Å². The van der Waals surface area contributed by atoms with Crippen molar-refractivity contribution < 1.29 is 19.8 Å². The van der Waals surface area contributed by atoms with Gasteiger partial charge in [0.1, 0.15) is 0 Å². The fourth-order valence-corrected chi connectivity index (χ4v) is 5.19. The van der Waals surface area contributed by atoms with Gasteiger partial charge < -0.3 is 31.5 Å². The highest BCUT2D eigenvalue weighted by Crippen LogP contribution is 2.48. The van der Waals surface area contributed by atoms with Gasteiger partial charge in [-0.25, -0.2) is 0 Å². The Morgan fingerprint density at radius 3 is 2.43 bits per heavy atom. The second-order valence-electron chi connectivity index (χ2n) is 10.6. The minimum Gasteiger partial charge on any atom is -0.380 e. The first-order valence-corrected chi connectivity index (χ1v) is 12.7. The molecule has 0 saturated carbocycles. The Balaban J connectivity index is 1.70. The van der Waals surface area contributed by atoms with Crippen LogP contribution in [-0.2, 0) is 15.1 Å². The van der Waals surface area contributed by atoms with E-state index in [0.29, 0.717) is 24.5 Å². The molecule has 0 spiro atoms. The lowest BCUT2D eigenvalue weighted by atomic mass is 9.81. The molecule has 2 aromatic rings. The van der Waals surface area contributed by atoms with Gasteiger partial charge in [-0.2, -0.15) is 0 Å². The molecule has 2 aromatic carbocycles. The number of amides is 2. The SMILES string of the molecule is C[C@@H](NC(=O)[C@H](O)[C@@H](O)C(=O)N1CC(C)(C)C[C@]1(C)c1cccc(Cl)c1)c1ccc(N/C=C\CN)cc1. The zero-order valence-electron chi connectivity index (χ0n) is 21.7. The number of rotatable bonds is 9. The van der Waals surface area contributed by atoms with Crippen LogP contribution in [0.2, 0.25) is 5.02 Å². The number of nitrogens with two attached hydrogens (primary N) is 1. The van der Waals surface area contributed by atoms with Gasteiger partial charge in [-0.1, -0.05) is 55.8 Å². The van der Waals surface area contributed by atoms with Crippen molar-refractivity contribution in [2.75, 3.05) is 18.4 Å². The lowest BCUT2D eigenvalue weighted by Gasteiger charge is -2.37. The number of nitrogens with zero attached hydrogens (tertiary/aromatic N) is 1. The van der Waals surface area contributed by atoms with Crippen LogP contribution in [0.3, 0.4) is 0 Å². The van der Waals surface area contributed by atoms with Crippen LogP contribution in [-0.4, -0.2) is 52.2 Å². The molecule has 2 amide bonds. The maximum Gasteiger partial charge on any atom is 0.255 e. The van der Waals surface area contributed by atoms with Gasteiger partial charge in [0.2, 0.25) is 0 Å². The molecule has 0 bridgehead atoms. The zero-order valence-corrected chi connectivity index (χ0v) is 22.5. The first kappa shape index (κ1) is 28.7. The fraction of sp³-hybridized carbons (Fsp3) is 0.429. The summed E-state index contributed by atoms with van der Waals surface area (Å²) in [5.74, 6) is -1.53. The van der Waals surface area contributed by atoms with E-state index in [-0.39, 0.29) is 5.41 Å². The van der Waals surface area contributed by atoms with E-state index >= 15 is 0 Å². The molecule has 1 aliphatic heterocycles. The molecule has 0 radical (unpaired) electrons. The standard InChI is InChI=1S/C28H37ClN4O4/c1-18(19-9-11-22(12-10-19)31-14-6-13-30)32-25(36)23(34)24(35)26(37)33-17-27(2,3)16-28(33,4)20-7-5-8-21(29)15-20/h5-12,14-15,18,23-24,31,34-35H,13,16-17,30H2,1-4H3,(H,32,36)/b14-6-/t18-,23-,24-,28-/m1/s1. The van der Waals surface area contributed by atoms with E-state index in [4.69, 9.17) is 17.3 Å². The summed E-state index contributed by atoms with van der Waals surface area (Å²) in [7, 11) is 0. The highest BCUT2D eigenvalue weighted by Gasteiger charge is 2.51. The molecule has 0 unspecified atom stereocenters. The number of carbonyl (C=O) groups is 2. The average molecular weight is 529 g/mol. The normalized spacial score (nSPS) is 21.5. The first-order chi connectivity index (χ1) is 17.4. The van der Waals surface area contributed by atoms with Crippen LogP contribution in [0.25, 0.3) is 0 Å². The maximum atomic E-state index is 13.4. The molecule has 37 heavy (non-hydrogen) atoms. The van der Waals surface area contributed by atoms with Crippen LogP contribution < -0.4 is 16.4 Å². The number of carbonyl (C=O) groups excluding carboxylic acids is 2. The van der Waals surface area contributed by atoms with E-state index in [9.17, 15) is 19.8 Å². The molecule has 1 aliphatic rings. The van der Waals surface area contributed by atoms with Gasteiger partial charge in [0.25, 0.3) is 11.8 Å². The molecule has 0 aliphatic carbocycles.